The van der Waals surface area contributed by atoms with E-state index in [9.17, 15) is 33.0 Å². The van der Waals surface area contributed by atoms with Crippen LogP contribution in [0.15, 0.2) is 60.8 Å². The first-order valence-corrected chi connectivity index (χ1v) is 12.0. The van der Waals surface area contributed by atoms with Crippen LogP contribution in [0.2, 0.25) is 5.02 Å². The lowest BCUT2D eigenvalue weighted by atomic mass is 9.86. The Labute approximate surface area is 221 Å². The molecule has 0 saturated carbocycles. The smallest absolute Gasteiger partial charge is 0.284 e. The molecular formula is C27H25ClF3N3O4. The number of carbonyl (C=O) groups excluding carboxylic acids is 2. The fourth-order valence-corrected chi connectivity index (χ4v) is 4.57. The number of aliphatic hydroxyl groups is 2. The fourth-order valence-electron chi connectivity index (χ4n) is 4.40. The molecule has 0 radical (unpaired) electrons. The molecular weight excluding hydrogens is 523 g/mol. The van der Waals surface area contributed by atoms with Crippen molar-refractivity contribution >= 4 is 34.9 Å². The molecule has 1 aliphatic rings. The first-order chi connectivity index (χ1) is 17.8. The van der Waals surface area contributed by atoms with Gasteiger partial charge in [-0.05, 0) is 50.2 Å². The van der Waals surface area contributed by atoms with E-state index >= 15 is 0 Å². The van der Waals surface area contributed by atoms with Crippen molar-refractivity contribution in [1.82, 2.24) is 4.98 Å². The number of amides is 2. The maximum atomic E-state index is 14.9. The molecule has 3 N–H and O–H groups in total. The van der Waals surface area contributed by atoms with Gasteiger partial charge in [0.1, 0.15) is 11.5 Å². The average molecular weight is 548 g/mol. The normalized spacial score (nSPS) is 18.9. The molecule has 2 aromatic carbocycles. The predicted octanol–water partition coefficient (Wildman–Crippen LogP) is 5.06. The highest BCUT2D eigenvalue weighted by Gasteiger charge is 2.56. The van der Waals surface area contributed by atoms with Crippen molar-refractivity contribution < 1.29 is 33.0 Å². The van der Waals surface area contributed by atoms with Gasteiger partial charge in [-0.1, -0.05) is 29.8 Å². The summed E-state index contributed by atoms with van der Waals surface area (Å²) in [6.45, 7) is 0.930. The Morgan fingerprint density at radius 2 is 1.87 bits per heavy atom. The molecule has 4 rings (SSSR count). The van der Waals surface area contributed by atoms with E-state index in [0.29, 0.717) is 0 Å². The first kappa shape index (κ1) is 27.6. The Bertz CT molecular complexity index is 1380. The second-order valence-corrected chi connectivity index (χ2v) is 9.93. The molecule has 0 bridgehead atoms. The fraction of sp³-hybridized carbons (Fsp3) is 0.296. The third kappa shape index (κ3) is 4.99. The summed E-state index contributed by atoms with van der Waals surface area (Å²) in [6.07, 6.45) is 0.244. The van der Waals surface area contributed by atoms with Crippen LogP contribution in [0.4, 0.5) is 24.7 Å². The number of nitrogens with one attached hydrogen (secondary N) is 1. The number of halogens is 4. The molecule has 0 spiro atoms. The van der Waals surface area contributed by atoms with Gasteiger partial charge in [-0.3, -0.25) is 9.59 Å². The Morgan fingerprint density at radius 1 is 1.16 bits per heavy atom. The van der Waals surface area contributed by atoms with Gasteiger partial charge < -0.3 is 20.4 Å². The number of nitrogens with zero attached hydrogens (tertiary/aromatic N) is 2. The van der Waals surface area contributed by atoms with Crippen LogP contribution in [0.1, 0.15) is 52.1 Å². The van der Waals surface area contributed by atoms with E-state index in [2.05, 4.69) is 10.3 Å². The topological polar surface area (TPSA) is 103 Å². The quantitative estimate of drug-likeness (QED) is 0.414. The van der Waals surface area contributed by atoms with Gasteiger partial charge in [0.2, 0.25) is 0 Å². The van der Waals surface area contributed by atoms with Crippen molar-refractivity contribution in [2.75, 3.05) is 23.4 Å². The third-order valence-electron chi connectivity index (χ3n) is 6.49. The zero-order valence-electron chi connectivity index (χ0n) is 20.5. The Kier molecular flexibility index (Phi) is 7.26. The standard InChI is InChI=1S/C27H25ClF3N3O4/c1-25(2,29)19-6-4-3-5-18(19)23(36)33-22-10-7-16(14-32-22)24(37)34-12-11-27(30,31)26(38,15-35)20-13-17(28)8-9-21(20)34/h3-10,13-14,35,38H,11-12,15H2,1-2H3,(H,32,33,36)/t26-/m0/s1. The van der Waals surface area contributed by atoms with Crippen LogP contribution < -0.4 is 10.2 Å². The minimum Gasteiger partial charge on any atom is -0.393 e. The second-order valence-electron chi connectivity index (χ2n) is 9.50. The molecule has 0 saturated heterocycles. The average Bonchev–Trinajstić information content (AvgIpc) is 2.96. The van der Waals surface area contributed by atoms with Gasteiger partial charge in [0, 0.05) is 40.9 Å². The lowest BCUT2D eigenvalue weighted by Crippen LogP contribution is -2.48. The summed E-state index contributed by atoms with van der Waals surface area (Å²) < 4.78 is 44.4. The molecule has 2 amide bonds. The number of fused-ring (bicyclic) bond motifs is 1. The van der Waals surface area contributed by atoms with Crippen molar-refractivity contribution in [2.24, 2.45) is 0 Å². The number of carbonyl (C=O) groups is 2. The van der Waals surface area contributed by atoms with Crippen LogP contribution in [-0.4, -0.2) is 46.1 Å². The number of aliphatic hydroxyl groups excluding tert-OH is 1. The van der Waals surface area contributed by atoms with Crippen molar-refractivity contribution in [2.45, 2.75) is 37.5 Å². The van der Waals surface area contributed by atoms with Crippen molar-refractivity contribution in [3.05, 3.63) is 88.1 Å². The van der Waals surface area contributed by atoms with Crippen LogP contribution >= 0.6 is 11.6 Å². The van der Waals surface area contributed by atoms with Crippen LogP contribution in [0.5, 0.6) is 0 Å². The molecule has 1 aromatic heterocycles. The SMILES string of the molecule is CC(C)(F)c1ccccc1C(=O)Nc1ccc(C(=O)N2CCC(F)(F)[C@](O)(CO)c3cc(Cl)ccc32)cn1. The van der Waals surface area contributed by atoms with E-state index < -0.39 is 48.6 Å². The predicted molar refractivity (Wildman–Crippen MR) is 136 cm³/mol. The van der Waals surface area contributed by atoms with Gasteiger partial charge in [-0.25, -0.2) is 18.2 Å². The Morgan fingerprint density at radius 3 is 2.50 bits per heavy atom. The van der Waals surface area contributed by atoms with Crippen LogP contribution in [-0.2, 0) is 11.3 Å². The van der Waals surface area contributed by atoms with Gasteiger partial charge >= 0.3 is 0 Å². The van der Waals surface area contributed by atoms with E-state index in [0.717, 1.165) is 11.0 Å². The minimum absolute atomic E-state index is 0.0203. The molecule has 0 unspecified atom stereocenters. The lowest BCUT2D eigenvalue weighted by molar-refractivity contribution is -0.205. The summed E-state index contributed by atoms with van der Waals surface area (Å²) in [5.74, 6) is -4.96. The van der Waals surface area contributed by atoms with Gasteiger partial charge in [0.25, 0.3) is 17.7 Å². The van der Waals surface area contributed by atoms with Crippen molar-refractivity contribution in [3.63, 3.8) is 0 Å². The number of alkyl halides is 3. The number of hydrogen-bond donors (Lipinski definition) is 3. The van der Waals surface area contributed by atoms with E-state index in [1.165, 1.54) is 56.4 Å². The molecule has 0 aliphatic carbocycles. The summed E-state index contributed by atoms with van der Waals surface area (Å²) in [6, 6.07) is 12.7. The second kappa shape index (κ2) is 10.0. The zero-order valence-corrected chi connectivity index (χ0v) is 21.3. The Balaban J connectivity index is 1.61. The van der Waals surface area contributed by atoms with Crippen LogP contribution in [0, 0.1) is 0 Å². The molecule has 200 valence electrons. The maximum Gasteiger partial charge on any atom is 0.284 e. The number of hydrogen-bond acceptors (Lipinski definition) is 5. The zero-order chi connectivity index (χ0) is 27.9. The molecule has 1 aliphatic heterocycles. The van der Waals surface area contributed by atoms with E-state index in [1.54, 1.807) is 12.1 Å². The minimum atomic E-state index is -3.76. The summed E-state index contributed by atoms with van der Waals surface area (Å²) in [4.78, 5) is 31.3. The van der Waals surface area contributed by atoms with Crippen molar-refractivity contribution in [1.29, 1.82) is 0 Å². The maximum absolute atomic E-state index is 14.9. The summed E-state index contributed by atoms with van der Waals surface area (Å²) in [5, 5.41) is 23.0. The molecule has 11 heteroatoms. The molecule has 2 heterocycles. The first-order valence-electron chi connectivity index (χ1n) is 11.7. The van der Waals surface area contributed by atoms with E-state index in [1.807, 2.05) is 0 Å². The molecule has 38 heavy (non-hydrogen) atoms. The van der Waals surface area contributed by atoms with E-state index in [4.69, 9.17) is 11.6 Å². The molecule has 0 fully saturated rings. The number of aromatic nitrogens is 1. The lowest BCUT2D eigenvalue weighted by Gasteiger charge is -2.33. The van der Waals surface area contributed by atoms with Crippen molar-refractivity contribution in [3.8, 4) is 0 Å². The number of rotatable bonds is 5. The highest BCUT2D eigenvalue weighted by Crippen LogP contribution is 2.47. The molecule has 1 atom stereocenters. The largest absolute Gasteiger partial charge is 0.393 e. The van der Waals surface area contributed by atoms with Gasteiger partial charge in [-0.2, -0.15) is 0 Å². The third-order valence-corrected chi connectivity index (χ3v) is 6.72. The van der Waals surface area contributed by atoms with Gasteiger partial charge in [0.15, 0.2) is 5.60 Å². The molecule has 3 aromatic rings. The van der Waals surface area contributed by atoms with Crippen LogP contribution in [0.25, 0.3) is 0 Å². The number of anilines is 2. The Hall–Kier alpha value is -3.47. The van der Waals surface area contributed by atoms with Crippen LogP contribution in [0.3, 0.4) is 0 Å². The van der Waals surface area contributed by atoms with E-state index in [-0.39, 0.29) is 38.8 Å². The van der Waals surface area contributed by atoms with Gasteiger partial charge in [-0.15, -0.1) is 0 Å². The summed E-state index contributed by atoms with van der Waals surface area (Å²) >= 11 is 5.98. The van der Waals surface area contributed by atoms with Gasteiger partial charge in [0.05, 0.1) is 17.9 Å². The molecule has 7 nitrogen and oxygen atoms in total. The monoisotopic (exact) mass is 547 g/mol. The highest BCUT2D eigenvalue weighted by molar-refractivity contribution is 6.30. The summed E-state index contributed by atoms with van der Waals surface area (Å²) in [7, 11) is 0. The number of benzene rings is 2. The highest BCUT2D eigenvalue weighted by atomic mass is 35.5. The number of pyridine rings is 1. The summed E-state index contributed by atoms with van der Waals surface area (Å²) in [5.41, 5.74) is -4.77.